The van der Waals surface area contributed by atoms with Crippen LogP contribution in [-0.2, 0) is 16.8 Å². The minimum Gasteiger partial charge on any atom is -0.291 e. The zero-order valence-corrected chi connectivity index (χ0v) is 19.6. The Morgan fingerprint density at radius 1 is 0.793 bits per heavy atom. The molecule has 1 aromatic rings. The van der Waals surface area contributed by atoms with E-state index >= 15 is 0 Å². The number of hydrogen-bond donors (Lipinski definition) is 2. The summed E-state index contributed by atoms with van der Waals surface area (Å²) in [4.78, 5) is 12.2. The number of aryl methyl sites for hydroxylation is 1. The van der Waals surface area contributed by atoms with Crippen LogP contribution in [0.3, 0.4) is 0 Å². The van der Waals surface area contributed by atoms with Gasteiger partial charge in [0.15, 0.2) is 0 Å². The summed E-state index contributed by atoms with van der Waals surface area (Å²) in [6.07, 6.45) is 17.2. The Bertz CT molecular complexity index is 553. The standard InChI is InChI=1S/C26H46N2O/c1-5-7-8-9-10-11-12-13-14-15-16-22-25(29)27-28-26(3,4)24-21-18-17-20-23(24)19-6-2/h17-18,20-21,28H,5-16,19,22H2,1-4H3,(H,27,29). The van der Waals surface area contributed by atoms with Crippen LogP contribution in [-0.4, -0.2) is 5.91 Å². The molecule has 0 saturated heterocycles. The summed E-state index contributed by atoms with van der Waals surface area (Å²) < 4.78 is 0. The number of amides is 1. The first kappa shape index (κ1) is 25.7. The molecule has 0 aliphatic heterocycles. The van der Waals surface area contributed by atoms with E-state index in [1.54, 1.807) is 0 Å². The van der Waals surface area contributed by atoms with E-state index in [0.717, 1.165) is 25.7 Å². The van der Waals surface area contributed by atoms with E-state index < -0.39 is 0 Å². The van der Waals surface area contributed by atoms with Crippen LogP contribution in [0.5, 0.6) is 0 Å². The molecule has 3 heteroatoms. The quantitative estimate of drug-likeness (QED) is 0.214. The van der Waals surface area contributed by atoms with E-state index in [9.17, 15) is 4.79 Å². The van der Waals surface area contributed by atoms with Crippen molar-refractivity contribution in [1.82, 2.24) is 10.9 Å². The predicted molar refractivity (Wildman–Crippen MR) is 126 cm³/mol. The van der Waals surface area contributed by atoms with Crippen molar-refractivity contribution < 1.29 is 4.79 Å². The molecule has 0 saturated carbocycles. The summed E-state index contributed by atoms with van der Waals surface area (Å²) in [5, 5.41) is 0. The van der Waals surface area contributed by atoms with Crippen LogP contribution in [0.2, 0.25) is 0 Å². The second kappa shape index (κ2) is 15.5. The minimum absolute atomic E-state index is 0.0990. The van der Waals surface area contributed by atoms with Gasteiger partial charge in [-0.25, -0.2) is 5.43 Å². The van der Waals surface area contributed by atoms with Crippen LogP contribution in [0.25, 0.3) is 0 Å². The molecular formula is C26H46N2O. The highest BCUT2D eigenvalue weighted by molar-refractivity contribution is 5.75. The van der Waals surface area contributed by atoms with Crippen molar-refractivity contribution in [3.63, 3.8) is 0 Å². The molecule has 0 heterocycles. The lowest BCUT2D eigenvalue weighted by Gasteiger charge is -2.29. The van der Waals surface area contributed by atoms with Gasteiger partial charge in [0.25, 0.3) is 0 Å². The van der Waals surface area contributed by atoms with Crippen molar-refractivity contribution in [3.8, 4) is 0 Å². The summed E-state index contributed by atoms with van der Waals surface area (Å²) in [5.74, 6) is 0.0990. The van der Waals surface area contributed by atoms with Gasteiger partial charge in [0, 0.05) is 6.42 Å². The maximum absolute atomic E-state index is 12.2. The van der Waals surface area contributed by atoms with Crippen LogP contribution in [0.4, 0.5) is 0 Å². The van der Waals surface area contributed by atoms with Crippen molar-refractivity contribution in [2.45, 2.75) is 123 Å². The Hall–Kier alpha value is -1.35. The number of rotatable bonds is 17. The largest absolute Gasteiger partial charge is 0.291 e. The fourth-order valence-corrected chi connectivity index (χ4v) is 3.92. The topological polar surface area (TPSA) is 41.1 Å². The SMILES string of the molecule is CCCCCCCCCCCCCC(=O)NNC(C)(C)c1ccccc1CCC. The van der Waals surface area contributed by atoms with Gasteiger partial charge < -0.3 is 0 Å². The number of nitrogens with one attached hydrogen (secondary N) is 2. The van der Waals surface area contributed by atoms with Crippen molar-refractivity contribution in [3.05, 3.63) is 35.4 Å². The van der Waals surface area contributed by atoms with Crippen LogP contribution in [0.15, 0.2) is 24.3 Å². The van der Waals surface area contributed by atoms with Crippen LogP contribution in [0, 0.1) is 0 Å². The smallest absolute Gasteiger partial charge is 0.234 e. The maximum atomic E-state index is 12.2. The molecule has 1 amide bonds. The molecular weight excluding hydrogens is 356 g/mol. The predicted octanol–water partition coefficient (Wildman–Crippen LogP) is 7.20. The molecule has 3 nitrogen and oxygen atoms in total. The molecule has 166 valence electrons. The average molecular weight is 403 g/mol. The lowest BCUT2D eigenvalue weighted by Crippen LogP contribution is -2.49. The number of hydrogen-bond acceptors (Lipinski definition) is 2. The van der Waals surface area contributed by atoms with Crippen LogP contribution >= 0.6 is 0 Å². The number of carbonyl (C=O) groups is 1. The molecule has 0 aliphatic carbocycles. The first-order valence-electron chi connectivity index (χ1n) is 12.2. The minimum atomic E-state index is -0.279. The van der Waals surface area contributed by atoms with Crippen molar-refractivity contribution in [2.75, 3.05) is 0 Å². The number of hydrazine groups is 1. The molecule has 0 aliphatic rings. The molecule has 0 spiro atoms. The molecule has 1 aromatic carbocycles. The van der Waals surface area contributed by atoms with Crippen molar-refractivity contribution in [1.29, 1.82) is 0 Å². The van der Waals surface area contributed by atoms with Crippen LogP contribution < -0.4 is 10.9 Å². The van der Waals surface area contributed by atoms with Gasteiger partial charge in [0.2, 0.25) is 5.91 Å². The molecule has 0 atom stereocenters. The van der Waals surface area contributed by atoms with E-state index in [0.29, 0.717) is 6.42 Å². The van der Waals surface area contributed by atoms with E-state index in [-0.39, 0.29) is 11.4 Å². The molecule has 29 heavy (non-hydrogen) atoms. The number of benzene rings is 1. The van der Waals surface area contributed by atoms with Gasteiger partial charge in [-0.15, -0.1) is 0 Å². The molecule has 1 rings (SSSR count). The first-order valence-corrected chi connectivity index (χ1v) is 12.2. The Labute approximate surface area is 180 Å². The summed E-state index contributed by atoms with van der Waals surface area (Å²) in [7, 11) is 0. The fraction of sp³-hybridized carbons (Fsp3) is 0.731. The fourth-order valence-electron chi connectivity index (χ4n) is 3.92. The number of unbranched alkanes of at least 4 members (excludes halogenated alkanes) is 10. The van der Waals surface area contributed by atoms with Gasteiger partial charge in [-0.2, -0.15) is 0 Å². The third kappa shape index (κ3) is 11.4. The van der Waals surface area contributed by atoms with E-state index in [4.69, 9.17) is 0 Å². The molecule has 0 bridgehead atoms. The molecule has 0 fully saturated rings. The Kier molecular flexibility index (Phi) is 13.7. The molecule has 0 radical (unpaired) electrons. The van der Waals surface area contributed by atoms with Gasteiger partial charge in [0.05, 0.1) is 5.54 Å². The Morgan fingerprint density at radius 3 is 1.93 bits per heavy atom. The zero-order chi connectivity index (χ0) is 21.4. The van der Waals surface area contributed by atoms with E-state index in [2.05, 4.69) is 62.8 Å². The summed E-state index contributed by atoms with van der Waals surface area (Å²) in [6, 6.07) is 8.52. The second-order valence-electron chi connectivity index (χ2n) is 8.99. The normalized spacial score (nSPS) is 11.6. The third-order valence-corrected chi connectivity index (χ3v) is 5.73. The van der Waals surface area contributed by atoms with Crippen molar-refractivity contribution >= 4 is 5.91 Å². The highest BCUT2D eigenvalue weighted by Gasteiger charge is 2.23. The molecule has 0 unspecified atom stereocenters. The van der Waals surface area contributed by atoms with Crippen LogP contribution in [0.1, 0.15) is 122 Å². The summed E-state index contributed by atoms with van der Waals surface area (Å²) in [6.45, 7) is 8.73. The number of carbonyl (C=O) groups excluding carboxylic acids is 1. The monoisotopic (exact) mass is 402 g/mol. The lowest BCUT2D eigenvalue weighted by atomic mass is 9.89. The zero-order valence-electron chi connectivity index (χ0n) is 19.6. The first-order chi connectivity index (χ1) is 14.0. The summed E-state index contributed by atoms with van der Waals surface area (Å²) in [5.41, 5.74) is 8.54. The Morgan fingerprint density at radius 2 is 1.34 bits per heavy atom. The highest BCUT2D eigenvalue weighted by atomic mass is 16.2. The molecule has 2 N–H and O–H groups in total. The molecule has 0 aromatic heterocycles. The van der Waals surface area contributed by atoms with Gasteiger partial charge >= 0.3 is 0 Å². The van der Waals surface area contributed by atoms with E-state index in [1.165, 1.54) is 68.9 Å². The second-order valence-corrected chi connectivity index (χ2v) is 8.99. The average Bonchev–Trinajstić information content (AvgIpc) is 2.71. The van der Waals surface area contributed by atoms with Gasteiger partial charge in [-0.3, -0.25) is 10.2 Å². The lowest BCUT2D eigenvalue weighted by molar-refractivity contribution is -0.122. The van der Waals surface area contributed by atoms with Crippen molar-refractivity contribution in [2.24, 2.45) is 0 Å². The summed E-state index contributed by atoms with van der Waals surface area (Å²) >= 11 is 0. The van der Waals surface area contributed by atoms with E-state index in [1.807, 2.05) is 0 Å². The van der Waals surface area contributed by atoms with Gasteiger partial charge in [0.1, 0.15) is 0 Å². The Balaban J connectivity index is 2.15. The highest BCUT2D eigenvalue weighted by Crippen LogP contribution is 2.24. The third-order valence-electron chi connectivity index (χ3n) is 5.73. The van der Waals surface area contributed by atoms with Gasteiger partial charge in [-0.05, 0) is 37.8 Å². The maximum Gasteiger partial charge on any atom is 0.234 e. The van der Waals surface area contributed by atoms with Gasteiger partial charge in [-0.1, -0.05) is 109 Å².